The fraction of sp³-hybridized carbons (Fsp3) is 0.917. The van der Waals surface area contributed by atoms with Crippen LogP contribution in [0.3, 0.4) is 0 Å². The summed E-state index contributed by atoms with van der Waals surface area (Å²) in [5, 5.41) is 10.8. The number of hydrogen-bond donors (Lipinski definition) is 1. The second-order valence-corrected chi connectivity index (χ2v) is 10.9. The van der Waals surface area contributed by atoms with Gasteiger partial charge in [0.15, 0.2) is 0 Å². The smallest absolute Gasteiger partial charge is 0.0625 e. The van der Waals surface area contributed by atoms with Gasteiger partial charge in [0.05, 0.1) is 11.7 Å². The van der Waals surface area contributed by atoms with Crippen LogP contribution in [0.1, 0.15) is 88.8 Å². The molecule has 2 nitrogen and oxygen atoms in total. The largest absolute Gasteiger partial charge is 0.390 e. The highest BCUT2D eigenvalue weighted by Gasteiger charge is 2.60. The molecule has 26 heavy (non-hydrogen) atoms. The second kappa shape index (κ2) is 6.34. The van der Waals surface area contributed by atoms with Crippen LogP contribution in [0.15, 0.2) is 11.6 Å². The first kappa shape index (κ1) is 19.0. The number of hydrogen-bond acceptors (Lipinski definition) is 2. The van der Waals surface area contributed by atoms with E-state index >= 15 is 0 Å². The SMILES string of the molecule is CCOC1CC[C@@]2(C)C(=CC[C@@H]3C2CC[C@@]2(C)C3CC[C@@H]2C(C)(C)O)C1.[HH].[HH]. The summed E-state index contributed by atoms with van der Waals surface area (Å²) in [7, 11) is 0. The van der Waals surface area contributed by atoms with Gasteiger partial charge in [-0.3, -0.25) is 0 Å². The molecule has 0 radical (unpaired) electrons. The molecule has 3 fully saturated rings. The normalized spacial score (nSPS) is 48.4. The number of ether oxygens (including phenoxy) is 1. The quantitative estimate of drug-likeness (QED) is 0.601. The predicted molar refractivity (Wildman–Crippen MR) is 111 cm³/mol. The minimum Gasteiger partial charge on any atom is -0.390 e. The fourth-order valence-electron chi connectivity index (χ4n) is 8.17. The molecule has 4 aliphatic rings. The Morgan fingerprint density at radius 2 is 1.92 bits per heavy atom. The van der Waals surface area contributed by atoms with Gasteiger partial charge in [-0.15, -0.1) is 0 Å². The molecule has 2 heteroatoms. The van der Waals surface area contributed by atoms with Crippen molar-refractivity contribution in [2.24, 2.45) is 34.5 Å². The Bertz CT molecular complexity index is 584. The number of allylic oxidation sites excluding steroid dienone is 1. The monoisotopic (exact) mass is 364 g/mol. The number of fused-ring (bicyclic) bond motifs is 5. The maximum absolute atomic E-state index is 10.8. The maximum atomic E-state index is 10.8. The molecule has 152 valence electrons. The molecule has 0 aliphatic heterocycles. The van der Waals surface area contributed by atoms with Crippen molar-refractivity contribution in [3.63, 3.8) is 0 Å². The van der Waals surface area contributed by atoms with Gasteiger partial charge in [-0.05, 0) is 107 Å². The Morgan fingerprint density at radius 3 is 2.62 bits per heavy atom. The predicted octanol–water partition coefficient (Wildman–Crippen LogP) is 6.23. The summed E-state index contributed by atoms with van der Waals surface area (Å²) >= 11 is 0. The van der Waals surface area contributed by atoms with E-state index < -0.39 is 5.60 Å². The van der Waals surface area contributed by atoms with Crippen LogP contribution in [0.4, 0.5) is 0 Å². The topological polar surface area (TPSA) is 29.5 Å². The van der Waals surface area contributed by atoms with Gasteiger partial charge in [0.2, 0.25) is 0 Å². The molecular formula is C24H44O2. The average Bonchev–Trinajstić information content (AvgIpc) is 2.93. The molecule has 0 amide bonds. The zero-order chi connectivity index (χ0) is 18.7. The molecule has 0 saturated heterocycles. The highest BCUT2D eigenvalue weighted by Crippen LogP contribution is 2.67. The van der Waals surface area contributed by atoms with E-state index in [1.54, 1.807) is 5.57 Å². The molecule has 3 unspecified atom stereocenters. The molecule has 0 aromatic carbocycles. The molecule has 0 bridgehead atoms. The van der Waals surface area contributed by atoms with E-state index in [0.717, 1.165) is 24.4 Å². The lowest BCUT2D eigenvalue weighted by Gasteiger charge is -2.59. The van der Waals surface area contributed by atoms with Crippen LogP contribution < -0.4 is 0 Å². The van der Waals surface area contributed by atoms with Gasteiger partial charge in [-0.2, -0.15) is 0 Å². The van der Waals surface area contributed by atoms with E-state index in [4.69, 9.17) is 4.74 Å². The Morgan fingerprint density at radius 1 is 1.15 bits per heavy atom. The van der Waals surface area contributed by atoms with Gasteiger partial charge >= 0.3 is 0 Å². The third-order valence-corrected chi connectivity index (χ3v) is 9.31. The molecule has 3 saturated carbocycles. The van der Waals surface area contributed by atoms with Crippen molar-refractivity contribution in [1.82, 2.24) is 0 Å². The van der Waals surface area contributed by atoms with E-state index in [1.807, 2.05) is 13.8 Å². The van der Waals surface area contributed by atoms with Gasteiger partial charge in [0.25, 0.3) is 0 Å². The summed E-state index contributed by atoms with van der Waals surface area (Å²) in [6.07, 6.45) is 13.3. The van der Waals surface area contributed by atoms with Gasteiger partial charge in [-0.25, -0.2) is 0 Å². The van der Waals surface area contributed by atoms with Gasteiger partial charge in [0, 0.05) is 9.46 Å². The zero-order valence-electron chi connectivity index (χ0n) is 17.7. The highest BCUT2D eigenvalue weighted by molar-refractivity contribution is 5.25. The Balaban J connectivity index is 0.00000140. The second-order valence-electron chi connectivity index (χ2n) is 10.9. The van der Waals surface area contributed by atoms with Crippen LogP contribution in [0.25, 0.3) is 0 Å². The van der Waals surface area contributed by atoms with E-state index in [-0.39, 0.29) is 2.85 Å². The van der Waals surface area contributed by atoms with Crippen LogP contribution >= 0.6 is 0 Å². The van der Waals surface area contributed by atoms with Crippen molar-refractivity contribution in [3.05, 3.63) is 11.6 Å². The van der Waals surface area contributed by atoms with Crippen LogP contribution in [0.5, 0.6) is 0 Å². The first-order valence-corrected chi connectivity index (χ1v) is 11.2. The number of rotatable bonds is 3. The molecule has 4 rings (SSSR count). The fourth-order valence-corrected chi connectivity index (χ4v) is 8.17. The molecule has 0 aromatic heterocycles. The third kappa shape index (κ3) is 2.73. The van der Waals surface area contributed by atoms with Gasteiger partial charge < -0.3 is 9.84 Å². The molecule has 1 N–H and O–H groups in total. The van der Waals surface area contributed by atoms with Crippen LogP contribution in [-0.2, 0) is 4.74 Å². The van der Waals surface area contributed by atoms with Crippen LogP contribution in [-0.4, -0.2) is 23.4 Å². The summed E-state index contributed by atoms with van der Waals surface area (Å²) < 4.78 is 5.98. The maximum Gasteiger partial charge on any atom is 0.0625 e. The molecule has 0 spiro atoms. The lowest BCUT2D eigenvalue weighted by atomic mass is 9.47. The Labute approximate surface area is 163 Å². The minimum atomic E-state index is -0.536. The summed E-state index contributed by atoms with van der Waals surface area (Å²) in [4.78, 5) is 0. The van der Waals surface area contributed by atoms with Crippen LogP contribution in [0.2, 0.25) is 0 Å². The first-order valence-electron chi connectivity index (χ1n) is 11.2. The van der Waals surface area contributed by atoms with Gasteiger partial charge in [0.1, 0.15) is 0 Å². The summed E-state index contributed by atoms with van der Waals surface area (Å²) in [6.45, 7) is 12.2. The Hall–Kier alpha value is -0.340. The van der Waals surface area contributed by atoms with E-state index in [1.165, 1.54) is 51.4 Å². The van der Waals surface area contributed by atoms with E-state index in [0.29, 0.717) is 22.9 Å². The van der Waals surface area contributed by atoms with Crippen molar-refractivity contribution < 1.29 is 12.7 Å². The molecule has 7 atom stereocenters. The first-order chi connectivity index (χ1) is 12.2. The number of aliphatic hydroxyl groups is 1. The summed E-state index contributed by atoms with van der Waals surface area (Å²) in [6, 6.07) is 0. The molecule has 0 aromatic rings. The zero-order valence-corrected chi connectivity index (χ0v) is 17.7. The lowest BCUT2D eigenvalue weighted by Crippen LogP contribution is -2.52. The van der Waals surface area contributed by atoms with E-state index in [9.17, 15) is 5.11 Å². The lowest BCUT2D eigenvalue weighted by molar-refractivity contribution is -0.0965. The van der Waals surface area contributed by atoms with Crippen molar-refractivity contribution in [3.8, 4) is 0 Å². The van der Waals surface area contributed by atoms with Crippen molar-refractivity contribution in [1.29, 1.82) is 0 Å². The third-order valence-electron chi connectivity index (χ3n) is 9.31. The summed E-state index contributed by atoms with van der Waals surface area (Å²) in [5.74, 6) is 2.95. The van der Waals surface area contributed by atoms with Crippen molar-refractivity contribution in [2.45, 2.75) is 97.7 Å². The molecule has 4 aliphatic carbocycles. The molecular weight excluding hydrogens is 320 g/mol. The van der Waals surface area contributed by atoms with Crippen molar-refractivity contribution >= 4 is 0 Å². The Kier molecular flexibility index (Phi) is 4.63. The molecule has 0 heterocycles. The van der Waals surface area contributed by atoms with Gasteiger partial charge in [-0.1, -0.05) is 25.5 Å². The standard InChI is InChI=1S/C24H40O2.2H2/c1-6-26-17-11-13-23(4)16(15-17)7-8-18-19-9-10-21(22(2,3)25)24(19,5)14-12-20(18)23;;/h7,17-21,25H,6,8-15H2,1-5H3;2*1H/t17?,18-,19?,20?,21+,23-,24-;;/m0../s1. The van der Waals surface area contributed by atoms with Crippen LogP contribution in [0, 0.1) is 34.5 Å². The average molecular weight is 365 g/mol. The van der Waals surface area contributed by atoms with Crippen molar-refractivity contribution in [2.75, 3.05) is 6.61 Å². The van der Waals surface area contributed by atoms with E-state index in [2.05, 4.69) is 26.8 Å². The summed E-state index contributed by atoms with van der Waals surface area (Å²) in [5.41, 5.74) is 1.92. The highest BCUT2D eigenvalue weighted by atomic mass is 16.5. The minimum absolute atomic E-state index is 0.